The summed E-state index contributed by atoms with van der Waals surface area (Å²) in [6.07, 6.45) is 0. The van der Waals surface area contributed by atoms with Crippen LogP contribution in [0.1, 0.15) is 31.9 Å². The molecule has 1 heterocycles. The Kier molecular flexibility index (Phi) is 4.16. The largest absolute Gasteiger partial charge is 0.507 e. The molecule has 0 bridgehead atoms. The number of nitriles is 1. The monoisotopic (exact) mass is 368 g/mol. The van der Waals surface area contributed by atoms with E-state index in [0.29, 0.717) is 22.6 Å². The molecule has 4 nitrogen and oxygen atoms in total. The number of phenolic OH excluding ortho intramolecular Hbond substituents is 1. The summed E-state index contributed by atoms with van der Waals surface area (Å²) >= 11 is 0. The maximum Gasteiger partial charge on any atom is 0.231 e. The van der Waals surface area contributed by atoms with E-state index in [1.54, 1.807) is 30.3 Å². The Bertz CT molecular complexity index is 1210. The van der Waals surface area contributed by atoms with Gasteiger partial charge in [0.1, 0.15) is 11.3 Å². The third kappa shape index (κ3) is 3.12. The lowest BCUT2D eigenvalue weighted by atomic mass is 9.85. The third-order valence-corrected chi connectivity index (χ3v) is 4.82. The highest BCUT2D eigenvalue weighted by Crippen LogP contribution is 2.38. The standard InChI is InChI=1S/C24H20N2O2/c1-24(2,3)17-12-19(16-10-8-15(14-25)9-11-16)22-21(13-17)28-23(26-22)18-6-4-5-7-20(18)27/h4-13,27H,1-3H3. The number of aromatic hydroxyl groups is 1. The minimum Gasteiger partial charge on any atom is -0.507 e. The number of rotatable bonds is 2. The maximum atomic E-state index is 10.2. The van der Waals surface area contributed by atoms with E-state index in [1.165, 1.54) is 0 Å². The molecule has 4 heteroatoms. The van der Waals surface area contributed by atoms with Gasteiger partial charge in [0.05, 0.1) is 17.2 Å². The van der Waals surface area contributed by atoms with Crippen LogP contribution in [-0.2, 0) is 5.41 Å². The molecule has 28 heavy (non-hydrogen) atoms. The zero-order valence-electron chi connectivity index (χ0n) is 16.0. The fourth-order valence-electron chi connectivity index (χ4n) is 3.18. The number of fused-ring (bicyclic) bond motifs is 1. The summed E-state index contributed by atoms with van der Waals surface area (Å²) in [4.78, 5) is 4.69. The van der Waals surface area contributed by atoms with Gasteiger partial charge in [-0.3, -0.25) is 0 Å². The molecule has 4 rings (SSSR count). The van der Waals surface area contributed by atoms with Crippen molar-refractivity contribution in [2.24, 2.45) is 0 Å². The zero-order valence-corrected chi connectivity index (χ0v) is 16.0. The molecular weight excluding hydrogens is 348 g/mol. The van der Waals surface area contributed by atoms with Crippen molar-refractivity contribution in [1.82, 2.24) is 4.98 Å². The van der Waals surface area contributed by atoms with E-state index >= 15 is 0 Å². The molecule has 0 aliphatic carbocycles. The Morgan fingerprint density at radius 2 is 1.68 bits per heavy atom. The number of aromatic nitrogens is 1. The van der Waals surface area contributed by atoms with Crippen LogP contribution in [0.15, 0.2) is 65.1 Å². The van der Waals surface area contributed by atoms with Crippen LogP contribution in [0.2, 0.25) is 0 Å². The number of hydrogen-bond acceptors (Lipinski definition) is 4. The fourth-order valence-corrected chi connectivity index (χ4v) is 3.18. The normalized spacial score (nSPS) is 11.5. The molecule has 1 aromatic heterocycles. The molecule has 0 radical (unpaired) electrons. The van der Waals surface area contributed by atoms with Gasteiger partial charge in [0.15, 0.2) is 5.58 Å². The van der Waals surface area contributed by atoms with Gasteiger partial charge in [-0.05, 0) is 52.9 Å². The van der Waals surface area contributed by atoms with Crippen molar-refractivity contribution in [3.05, 3.63) is 71.8 Å². The molecule has 0 atom stereocenters. The lowest BCUT2D eigenvalue weighted by Gasteiger charge is -2.20. The average molecular weight is 368 g/mol. The third-order valence-electron chi connectivity index (χ3n) is 4.82. The van der Waals surface area contributed by atoms with E-state index in [-0.39, 0.29) is 11.2 Å². The van der Waals surface area contributed by atoms with Gasteiger partial charge in [0, 0.05) is 5.56 Å². The van der Waals surface area contributed by atoms with Crippen LogP contribution in [0, 0.1) is 11.3 Å². The SMILES string of the molecule is CC(C)(C)c1cc(-c2ccc(C#N)cc2)c2nc(-c3ccccc3O)oc2c1. The van der Waals surface area contributed by atoms with Crippen LogP contribution in [0.3, 0.4) is 0 Å². The van der Waals surface area contributed by atoms with Crippen LogP contribution in [0.5, 0.6) is 5.75 Å². The summed E-state index contributed by atoms with van der Waals surface area (Å²) in [5.74, 6) is 0.513. The molecule has 0 saturated carbocycles. The summed E-state index contributed by atoms with van der Waals surface area (Å²) in [6, 6.07) is 20.7. The van der Waals surface area contributed by atoms with Crippen molar-refractivity contribution in [2.45, 2.75) is 26.2 Å². The molecular formula is C24H20N2O2. The number of para-hydroxylation sites is 1. The summed E-state index contributed by atoms with van der Waals surface area (Å²) < 4.78 is 6.05. The van der Waals surface area contributed by atoms with Gasteiger partial charge >= 0.3 is 0 Å². The summed E-state index contributed by atoms with van der Waals surface area (Å²) in [5.41, 5.74) is 5.53. The maximum absolute atomic E-state index is 10.2. The van der Waals surface area contributed by atoms with Crippen molar-refractivity contribution in [3.63, 3.8) is 0 Å². The first kappa shape index (κ1) is 17.8. The molecule has 3 aromatic carbocycles. The van der Waals surface area contributed by atoms with Gasteiger partial charge in [0.2, 0.25) is 5.89 Å². The lowest BCUT2D eigenvalue weighted by Crippen LogP contribution is -2.11. The number of hydrogen-bond donors (Lipinski definition) is 1. The Balaban J connectivity index is 1.98. The van der Waals surface area contributed by atoms with E-state index in [0.717, 1.165) is 22.2 Å². The van der Waals surface area contributed by atoms with Crippen molar-refractivity contribution in [2.75, 3.05) is 0 Å². The summed E-state index contributed by atoms with van der Waals surface area (Å²) in [7, 11) is 0. The van der Waals surface area contributed by atoms with Crippen LogP contribution >= 0.6 is 0 Å². The van der Waals surface area contributed by atoms with Crippen LogP contribution in [0.25, 0.3) is 33.7 Å². The average Bonchev–Trinajstić information content (AvgIpc) is 3.11. The quantitative estimate of drug-likeness (QED) is 0.468. The van der Waals surface area contributed by atoms with E-state index in [1.807, 2.05) is 24.3 Å². The van der Waals surface area contributed by atoms with E-state index in [9.17, 15) is 5.11 Å². The van der Waals surface area contributed by atoms with Crippen molar-refractivity contribution in [3.8, 4) is 34.4 Å². The second-order valence-corrected chi connectivity index (χ2v) is 7.85. The zero-order chi connectivity index (χ0) is 19.9. The first-order valence-electron chi connectivity index (χ1n) is 9.11. The van der Waals surface area contributed by atoms with Crippen LogP contribution in [0.4, 0.5) is 0 Å². The Morgan fingerprint density at radius 3 is 2.32 bits per heavy atom. The summed E-state index contributed by atoms with van der Waals surface area (Å²) in [6.45, 7) is 6.45. The molecule has 0 aliphatic heterocycles. The fraction of sp³-hybridized carbons (Fsp3) is 0.167. The molecule has 0 unspecified atom stereocenters. The minimum absolute atomic E-state index is 0.0720. The van der Waals surface area contributed by atoms with E-state index in [2.05, 4.69) is 32.9 Å². The number of benzene rings is 3. The molecule has 0 spiro atoms. The lowest BCUT2D eigenvalue weighted by molar-refractivity contribution is 0.474. The molecule has 0 aliphatic rings. The van der Waals surface area contributed by atoms with Crippen molar-refractivity contribution in [1.29, 1.82) is 5.26 Å². The van der Waals surface area contributed by atoms with E-state index in [4.69, 9.17) is 14.7 Å². The van der Waals surface area contributed by atoms with Gasteiger partial charge in [-0.2, -0.15) is 5.26 Å². The minimum atomic E-state index is -0.0720. The van der Waals surface area contributed by atoms with E-state index < -0.39 is 0 Å². The predicted octanol–water partition coefficient (Wildman–Crippen LogP) is 6.04. The van der Waals surface area contributed by atoms with Gasteiger partial charge in [0.25, 0.3) is 0 Å². The smallest absolute Gasteiger partial charge is 0.231 e. The molecule has 138 valence electrons. The van der Waals surface area contributed by atoms with Crippen molar-refractivity contribution < 1.29 is 9.52 Å². The highest BCUT2D eigenvalue weighted by Gasteiger charge is 2.21. The van der Waals surface area contributed by atoms with Crippen LogP contribution in [-0.4, -0.2) is 10.1 Å². The second kappa shape index (κ2) is 6.54. The van der Waals surface area contributed by atoms with Crippen molar-refractivity contribution >= 4 is 11.1 Å². The molecule has 1 N–H and O–H groups in total. The van der Waals surface area contributed by atoms with Crippen LogP contribution < -0.4 is 0 Å². The predicted molar refractivity (Wildman–Crippen MR) is 110 cm³/mol. The van der Waals surface area contributed by atoms with Gasteiger partial charge in [-0.1, -0.05) is 45.0 Å². The van der Waals surface area contributed by atoms with Gasteiger partial charge < -0.3 is 9.52 Å². The first-order valence-corrected chi connectivity index (χ1v) is 9.11. The molecule has 0 fully saturated rings. The number of nitrogens with zero attached hydrogens (tertiary/aromatic N) is 2. The molecule has 4 aromatic rings. The Morgan fingerprint density at radius 1 is 0.964 bits per heavy atom. The molecule has 0 amide bonds. The highest BCUT2D eigenvalue weighted by atomic mass is 16.3. The topological polar surface area (TPSA) is 70.0 Å². The summed E-state index contributed by atoms with van der Waals surface area (Å²) in [5, 5.41) is 19.3. The first-order chi connectivity index (χ1) is 13.4. The Labute approximate surface area is 163 Å². The van der Waals surface area contributed by atoms with Gasteiger partial charge in [-0.15, -0.1) is 0 Å². The van der Waals surface area contributed by atoms with Gasteiger partial charge in [-0.25, -0.2) is 4.98 Å². The number of oxazole rings is 1. The Hall–Kier alpha value is -3.58. The highest BCUT2D eigenvalue weighted by molar-refractivity contribution is 5.93. The number of phenols is 1. The molecule has 0 saturated heterocycles. The second-order valence-electron chi connectivity index (χ2n) is 7.85.